The predicted molar refractivity (Wildman–Crippen MR) is 81.5 cm³/mol. The van der Waals surface area contributed by atoms with Crippen molar-refractivity contribution >= 4 is 0 Å². The van der Waals surface area contributed by atoms with Crippen molar-refractivity contribution in [3.8, 4) is 5.75 Å². The van der Waals surface area contributed by atoms with Gasteiger partial charge in [0.1, 0.15) is 11.9 Å². The molecular weight excluding hydrogens is 280 g/mol. The number of hydrogen-bond donors (Lipinski definition) is 4. The average molecular weight is 304 g/mol. The maximum Gasteiger partial charge on any atom is 0.115 e. The summed E-state index contributed by atoms with van der Waals surface area (Å²) < 4.78 is 0. The molecule has 1 aromatic carbocycles. The maximum atomic E-state index is 10.5. The summed E-state index contributed by atoms with van der Waals surface area (Å²) in [5.74, 6) is 0.898. The molecule has 22 heavy (non-hydrogen) atoms. The highest BCUT2D eigenvalue weighted by Crippen LogP contribution is 2.60. The van der Waals surface area contributed by atoms with Crippen LogP contribution in [-0.2, 0) is 6.42 Å². The summed E-state index contributed by atoms with van der Waals surface area (Å²) in [5, 5.41) is 40.7. The predicted octanol–water partition coefficient (Wildman–Crippen LogP) is 1.55. The number of aryl methyl sites for hydroxylation is 1. The molecule has 4 rings (SSSR count). The molecule has 4 nitrogen and oxygen atoms in total. The number of hydrogen-bond acceptors (Lipinski definition) is 4. The van der Waals surface area contributed by atoms with Crippen LogP contribution in [0.25, 0.3) is 0 Å². The molecule has 2 fully saturated rings. The molecule has 0 saturated heterocycles. The summed E-state index contributed by atoms with van der Waals surface area (Å²) in [6, 6.07) is 5.61. The molecule has 1 aromatic rings. The molecule has 0 aliphatic heterocycles. The van der Waals surface area contributed by atoms with Crippen LogP contribution in [0.15, 0.2) is 18.2 Å². The van der Waals surface area contributed by atoms with Gasteiger partial charge in [-0.1, -0.05) is 13.0 Å². The number of phenolic OH excluding ortho intramolecular Hbond substituents is 1. The Morgan fingerprint density at radius 1 is 1.09 bits per heavy atom. The van der Waals surface area contributed by atoms with Gasteiger partial charge in [0.05, 0.1) is 12.2 Å². The third kappa shape index (κ3) is 1.75. The van der Waals surface area contributed by atoms with Crippen LogP contribution in [0.5, 0.6) is 5.75 Å². The number of benzene rings is 1. The van der Waals surface area contributed by atoms with Crippen molar-refractivity contribution in [1.29, 1.82) is 0 Å². The standard InChI is InChI=1S/C18H24O4/c1-18-7-6-12-11-5-3-10(19)8-9(11)2-4-13(12)14(18)15(20)16(21)17(18)22/h3,5,8,12-17,19-22H,2,4,6-7H2,1H3/t12?,13?,14?,15?,16-,17?,18-/m0/s1. The van der Waals surface area contributed by atoms with Gasteiger partial charge in [-0.25, -0.2) is 0 Å². The van der Waals surface area contributed by atoms with Crippen LogP contribution in [0.1, 0.15) is 43.2 Å². The molecule has 4 N–H and O–H groups in total. The first-order chi connectivity index (χ1) is 10.4. The van der Waals surface area contributed by atoms with E-state index < -0.39 is 23.7 Å². The fraction of sp³-hybridized carbons (Fsp3) is 0.667. The van der Waals surface area contributed by atoms with Gasteiger partial charge in [-0.2, -0.15) is 0 Å². The Bertz CT molecular complexity index is 601. The number of aliphatic hydroxyl groups excluding tert-OH is 3. The fourth-order valence-electron chi connectivity index (χ4n) is 5.62. The van der Waals surface area contributed by atoms with Crippen LogP contribution in [0.2, 0.25) is 0 Å². The van der Waals surface area contributed by atoms with Gasteiger partial charge >= 0.3 is 0 Å². The molecule has 0 amide bonds. The van der Waals surface area contributed by atoms with E-state index in [2.05, 4.69) is 0 Å². The summed E-state index contributed by atoms with van der Waals surface area (Å²) in [5.41, 5.74) is 2.09. The molecule has 4 heteroatoms. The van der Waals surface area contributed by atoms with Gasteiger partial charge in [-0.15, -0.1) is 0 Å². The molecule has 0 spiro atoms. The quantitative estimate of drug-likeness (QED) is 0.586. The van der Waals surface area contributed by atoms with Crippen LogP contribution in [0.3, 0.4) is 0 Å². The lowest BCUT2D eigenvalue weighted by atomic mass is 9.55. The molecule has 0 aromatic heterocycles. The minimum absolute atomic E-state index is 0.0572. The van der Waals surface area contributed by atoms with Crippen LogP contribution >= 0.6 is 0 Å². The van der Waals surface area contributed by atoms with Gasteiger partial charge < -0.3 is 20.4 Å². The maximum absolute atomic E-state index is 10.5. The Morgan fingerprint density at radius 3 is 2.64 bits per heavy atom. The van der Waals surface area contributed by atoms with Crippen molar-refractivity contribution in [2.75, 3.05) is 0 Å². The molecule has 0 bridgehead atoms. The smallest absolute Gasteiger partial charge is 0.115 e. The van der Waals surface area contributed by atoms with Crippen molar-refractivity contribution in [1.82, 2.24) is 0 Å². The van der Waals surface area contributed by atoms with E-state index in [1.165, 1.54) is 11.1 Å². The van der Waals surface area contributed by atoms with Gasteiger partial charge in [0.25, 0.3) is 0 Å². The number of phenols is 1. The van der Waals surface area contributed by atoms with Crippen molar-refractivity contribution in [2.45, 2.75) is 56.8 Å². The largest absolute Gasteiger partial charge is 0.508 e. The normalized spacial score (nSPS) is 46.7. The SMILES string of the molecule is C[C@]12CCC3c4ccc(O)cc4CCC3C1C(O)[C@H](O)C2O. The first kappa shape index (κ1) is 14.5. The Balaban J connectivity index is 1.74. The lowest BCUT2D eigenvalue weighted by molar-refractivity contribution is -0.0505. The van der Waals surface area contributed by atoms with Gasteiger partial charge in [0.15, 0.2) is 0 Å². The molecule has 0 radical (unpaired) electrons. The summed E-state index contributed by atoms with van der Waals surface area (Å²) in [4.78, 5) is 0. The van der Waals surface area contributed by atoms with E-state index in [0.717, 1.165) is 25.7 Å². The third-order valence-electron chi connectivity index (χ3n) is 6.72. The summed E-state index contributed by atoms with van der Waals surface area (Å²) in [6.45, 7) is 2.02. The number of fused-ring (bicyclic) bond motifs is 5. The molecule has 120 valence electrons. The molecule has 3 aliphatic carbocycles. The Labute approximate surface area is 130 Å². The van der Waals surface area contributed by atoms with Gasteiger partial charge in [0, 0.05) is 5.41 Å². The van der Waals surface area contributed by atoms with Gasteiger partial charge in [-0.05, 0) is 66.7 Å². The van der Waals surface area contributed by atoms with Crippen molar-refractivity contribution in [2.24, 2.45) is 17.3 Å². The van der Waals surface area contributed by atoms with Crippen LogP contribution < -0.4 is 0 Å². The summed E-state index contributed by atoms with van der Waals surface area (Å²) >= 11 is 0. The molecule has 3 aliphatic rings. The van der Waals surface area contributed by atoms with Gasteiger partial charge in [-0.3, -0.25) is 0 Å². The van der Waals surface area contributed by atoms with E-state index >= 15 is 0 Å². The Morgan fingerprint density at radius 2 is 1.86 bits per heavy atom. The highest BCUT2D eigenvalue weighted by atomic mass is 16.4. The van der Waals surface area contributed by atoms with E-state index in [1.807, 2.05) is 19.1 Å². The van der Waals surface area contributed by atoms with E-state index in [9.17, 15) is 20.4 Å². The monoisotopic (exact) mass is 304 g/mol. The number of aliphatic hydroxyl groups is 3. The minimum Gasteiger partial charge on any atom is -0.508 e. The first-order valence-electron chi connectivity index (χ1n) is 8.29. The third-order valence-corrected chi connectivity index (χ3v) is 6.72. The highest BCUT2D eigenvalue weighted by Gasteiger charge is 2.62. The Kier molecular flexibility index (Phi) is 3.09. The second-order valence-corrected chi connectivity index (χ2v) is 7.69. The van der Waals surface area contributed by atoms with E-state index in [-0.39, 0.29) is 11.8 Å². The van der Waals surface area contributed by atoms with E-state index in [1.54, 1.807) is 6.07 Å². The van der Waals surface area contributed by atoms with Crippen LogP contribution in [-0.4, -0.2) is 38.7 Å². The summed E-state index contributed by atoms with van der Waals surface area (Å²) in [6.07, 6.45) is 0.894. The zero-order valence-corrected chi connectivity index (χ0v) is 12.8. The van der Waals surface area contributed by atoms with Crippen molar-refractivity contribution in [3.05, 3.63) is 29.3 Å². The van der Waals surface area contributed by atoms with E-state index in [4.69, 9.17) is 0 Å². The highest BCUT2D eigenvalue weighted by molar-refractivity contribution is 5.40. The fourth-order valence-corrected chi connectivity index (χ4v) is 5.62. The zero-order chi connectivity index (χ0) is 15.6. The molecule has 2 saturated carbocycles. The number of rotatable bonds is 0. The second-order valence-electron chi connectivity index (χ2n) is 7.69. The van der Waals surface area contributed by atoms with E-state index in [0.29, 0.717) is 11.7 Å². The Hall–Kier alpha value is -1.10. The van der Waals surface area contributed by atoms with Crippen molar-refractivity contribution in [3.63, 3.8) is 0 Å². The van der Waals surface area contributed by atoms with Gasteiger partial charge in [0.2, 0.25) is 0 Å². The lowest BCUT2D eigenvalue weighted by Crippen LogP contribution is -2.46. The van der Waals surface area contributed by atoms with Crippen LogP contribution in [0, 0.1) is 17.3 Å². The second kappa shape index (κ2) is 4.70. The summed E-state index contributed by atoms with van der Waals surface area (Å²) in [7, 11) is 0. The molecule has 0 heterocycles. The first-order valence-corrected chi connectivity index (χ1v) is 8.29. The van der Waals surface area contributed by atoms with Crippen molar-refractivity contribution < 1.29 is 20.4 Å². The zero-order valence-electron chi connectivity index (χ0n) is 12.8. The minimum atomic E-state index is -1.03. The molecule has 7 atom stereocenters. The lowest BCUT2D eigenvalue weighted by Gasteiger charge is -2.50. The van der Waals surface area contributed by atoms with Crippen LogP contribution in [0.4, 0.5) is 0 Å². The molecule has 5 unspecified atom stereocenters. The topological polar surface area (TPSA) is 80.9 Å². The number of aromatic hydroxyl groups is 1. The average Bonchev–Trinajstić information content (AvgIpc) is 2.68. The molecular formula is C18H24O4.